The molecule has 122 valence electrons. The van der Waals surface area contributed by atoms with Crippen LogP contribution in [0.4, 0.5) is 0 Å². The Hall–Kier alpha value is -1.73. The van der Waals surface area contributed by atoms with Crippen molar-refractivity contribution in [2.24, 2.45) is 5.92 Å². The second-order valence-corrected chi connectivity index (χ2v) is 7.30. The van der Waals surface area contributed by atoms with Crippen molar-refractivity contribution in [3.05, 3.63) is 34.2 Å². The Balaban J connectivity index is 1.30. The van der Waals surface area contributed by atoms with E-state index in [-0.39, 0.29) is 18.1 Å². The lowest BCUT2D eigenvalue weighted by Gasteiger charge is -2.18. The third-order valence-electron chi connectivity index (χ3n) is 4.54. The second kappa shape index (κ2) is 6.05. The van der Waals surface area contributed by atoms with E-state index in [9.17, 15) is 4.79 Å². The average molecular weight is 333 g/mol. The zero-order chi connectivity index (χ0) is 15.8. The van der Waals surface area contributed by atoms with E-state index in [1.54, 1.807) is 18.3 Å². The Morgan fingerprint density at radius 2 is 2.35 bits per heavy atom. The molecule has 0 aliphatic carbocycles. The molecule has 4 rings (SSSR count). The summed E-state index contributed by atoms with van der Waals surface area (Å²) < 4.78 is 11.5. The lowest BCUT2D eigenvalue weighted by Crippen LogP contribution is -2.32. The van der Waals surface area contributed by atoms with Gasteiger partial charge in [-0.25, -0.2) is 0 Å². The van der Waals surface area contributed by atoms with Gasteiger partial charge in [0, 0.05) is 30.8 Å². The Morgan fingerprint density at radius 3 is 3.04 bits per heavy atom. The number of hydrogen-bond donors (Lipinski definition) is 0. The molecule has 0 unspecified atom stereocenters. The van der Waals surface area contributed by atoms with Crippen molar-refractivity contribution >= 4 is 17.2 Å². The fraction of sp³-hybridized carbons (Fsp3) is 0.562. The van der Waals surface area contributed by atoms with E-state index in [1.165, 1.54) is 0 Å². The minimum Gasteiger partial charge on any atom is -0.426 e. The molecule has 2 aromatic rings. The largest absolute Gasteiger partial charge is 0.426 e. The van der Waals surface area contributed by atoms with Crippen LogP contribution in [-0.4, -0.2) is 46.3 Å². The van der Waals surface area contributed by atoms with Gasteiger partial charge < -0.3 is 14.1 Å². The van der Waals surface area contributed by atoms with E-state index >= 15 is 0 Å². The Bertz CT molecular complexity index is 671. The molecule has 4 heterocycles. The first kappa shape index (κ1) is 14.8. The van der Waals surface area contributed by atoms with Gasteiger partial charge in [0.05, 0.1) is 25.0 Å². The van der Waals surface area contributed by atoms with E-state index in [4.69, 9.17) is 9.15 Å². The molecule has 6 nitrogen and oxygen atoms in total. The maximum atomic E-state index is 12.4. The highest BCUT2D eigenvalue weighted by atomic mass is 32.1. The van der Waals surface area contributed by atoms with Crippen molar-refractivity contribution < 1.29 is 13.9 Å². The van der Waals surface area contributed by atoms with Crippen LogP contribution in [0.3, 0.4) is 0 Å². The number of carbonyl (C=O) groups excluding carboxylic acids is 1. The molecule has 0 spiro atoms. The van der Waals surface area contributed by atoms with E-state index < -0.39 is 0 Å². The molecule has 2 fully saturated rings. The fourth-order valence-electron chi connectivity index (χ4n) is 3.49. The molecule has 2 aliphatic rings. The van der Waals surface area contributed by atoms with E-state index in [0.29, 0.717) is 37.1 Å². The number of hydrogen-bond acceptors (Lipinski definition) is 6. The minimum absolute atomic E-state index is 0.124. The van der Waals surface area contributed by atoms with Crippen molar-refractivity contribution in [3.8, 4) is 0 Å². The van der Waals surface area contributed by atoms with Gasteiger partial charge in [-0.3, -0.25) is 4.79 Å². The molecular formula is C16H19N3O3S. The second-order valence-electron chi connectivity index (χ2n) is 6.27. The van der Waals surface area contributed by atoms with Gasteiger partial charge in [0.15, 0.2) is 0 Å². The molecule has 0 saturated carbocycles. The first-order valence-corrected chi connectivity index (χ1v) is 8.80. The first-order chi connectivity index (χ1) is 11.2. The molecule has 0 radical (unpaired) electrons. The van der Waals surface area contributed by atoms with Gasteiger partial charge in [-0.1, -0.05) is 6.07 Å². The molecule has 2 aliphatic heterocycles. The number of amides is 1. The van der Waals surface area contributed by atoms with Crippen molar-refractivity contribution in [1.82, 2.24) is 15.1 Å². The summed E-state index contributed by atoms with van der Waals surface area (Å²) in [6.07, 6.45) is 2.39. The molecular weight excluding hydrogens is 314 g/mol. The van der Waals surface area contributed by atoms with E-state index in [1.807, 2.05) is 22.4 Å². The molecule has 0 aromatic carbocycles. The van der Waals surface area contributed by atoms with Gasteiger partial charge in [-0.15, -0.1) is 21.5 Å². The van der Waals surface area contributed by atoms with E-state index in [2.05, 4.69) is 10.2 Å². The summed E-state index contributed by atoms with van der Waals surface area (Å²) in [7, 11) is 0. The zero-order valence-corrected chi connectivity index (χ0v) is 13.8. The maximum absolute atomic E-state index is 12.4. The maximum Gasteiger partial charge on any atom is 0.227 e. The van der Waals surface area contributed by atoms with Crippen LogP contribution in [0, 0.1) is 12.8 Å². The van der Waals surface area contributed by atoms with Gasteiger partial charge in [0.2, 0.25) is 17.7 Å². The number of fused-ring (bicyclic) bond motifs is 1. The predicted octanol–water partition coefficient (Wildman–Crippen LogP) is 1.84. The monoisotopic (exact) mass is 333 g/mol. The Labute approximate surface area is 138 Å². The summed E-state index contributed by atoms with van der Waals surface area (Å²) in [5.41, 5.74) is 0. The molecule has 0 bridgehead atoms. The van der Waals surface area contributed by atoms with Crippen LogP contribution < -0.4 is 0 Å². The van der Waals surface area contributed by atoms with Gasteiger partial charge in [-0.05, 0) is 17.9 Å². The van der Waals surface area contributed by atoms with Crippen LogP contribution in [0.25, 0.3) is 0 Å². The van der Waals surface area contributed by atoms with Crippen molar-refractivity contribution in [2.45, 2.75) is 38.4 Å². The quantitative estimate of drug-likeness (QED) is 0.854. The fourth-order valence-corrected chi connectivity index (χ4v) is 4.18. The molecule has 0 N–H and O–H groups in total. The van der Waals surface area contributed by atoms with Crippen LogP contribution in [0.5, 0.6) is 0 Å². The Kier molecular flexibility index (Phi) is 3.90. The normalized spacial score (nSPS) is 26.7. The number of nitrogens with zero attached hydrogens (tertiary/aromatic N) is 3. The third-order valence-corrected chi connectivity index (χ3v) is 5.42. The molecule has 2 aromatic heterocycles. The van der Waals surface area contributed by atoms with Gasteiger partial charge in [-0.2, -0.15) is 0 Å². The first-order valence-electron chi connectivity index (χ1n) is 7.92. The van der Waals surface area contributed by atoms with Gasteiger partial charge in [0.25, 0.3) is 0 Å². The van der Waals surface area contributed by atoms with E-state index in [0.717, 1.165) is 17.8 Å². The molecule has 2 saturated heterocycles. The minimum atomic E-state index is 0.124. The van der Waals surface area contributed by atoms with Crippen LogP contribution in [0.1, 0.15) is 23.1 Å². The summed E-state index contributed by atoms with van der Waals surface area (Å²) >= 11 is 1.63. The highest BCUT2D eigenvalue weighted by Crippen LogP contribution is 2.34. The SMILES string of the molecule is Cc1nnc(C[C@@H]2C[C@H]3CN(C(=O)Cc4cccs4)C[C@H]3O2)o1. The van der Waals surface area contributed by atoms with Crippen LogP contribution in [0.2, 0.25) is 0 Å². The number of carbonyl (C=O) groups is 1. The standard InChI is InChI=1S/C16H19N3O3S/c1-10-17-18-15(21-10)6-12-5-11-8-19(9-14(11)22-12)16(20)7-13-3-2-4-23-13/h2-4,11-12,14H,5-9H2,1H3/t11-,12-,14+/m0/s1. The number of aromatic nitrogens is 2. The molecule has 23 heavy (non-hydrogen) atoms. The number of rotatable bonds is 4. The van der Waals surface area contributed by atoms with Crippen LogP contribution in [0.15, 0.2) is 21.9 Å². The molecule has 3 atom stereocenters. The van der Waals surface area contributed by atoms with Gasteiger partial charge in [0.1, 0.15) is 0 Å². The van der Waals surface area contributed by atoms with Crippen molar-refractivity contribution in [2.75, 3.05) is 13.1 Å². The van der Waals surface area contributed by atoms with Crippen LogP contribution >= 0.6 is 11.3 Å². The van der Waals surface area contributed by atoms with Gasteiger partial charge >= 0.3 is 0 Å². The average Bonchev–Trinajstić information content (AvgIpc) is 3.23. The van der Waals surface area contributed by atoms with Crippen molar-refractivity contribution in [3.63, 3.8) is 0 Å². The zero-order valence-electron chi connectivity index (χ0n) is 13.0. The number of thiophene rings is 1. The summed E-state index contributed by atoms with van der Waals surface area (Å²) in [5, 5.41) is 9.88. The lowest BCUT2D eigenvalue weighted by atomic mass is 10.0. The Morgan fingerprint density at radius 1 is 1.43 bits per heavy atom. The highest BCUT2D eigenvalue weighted by molar-refractivity contribution is 7.10. The summed E-state index contributed by atoms with van der Waals surface area (Å²) in [5.74, 6) is 1.85. The topological polar surface area (TPSA) is 68.5 Å². The predicted molar refractivity (Wildman–Crippen MR) is 84.1 cm³/mol. The third kappa shape index (κ3) is 3.16. The number of ether oxygens (including phenoxy) is 1. The highest BCUT2D eigenvalue weighted by Gasteiger charge is 2.43. The number of aryl methyl sites for hydroxylation is 1. The summed E-state index contributed by atoms with van der Waals surface area (Å²) in [6.45, 7) is 3.29. The van der Waals surface area contributed by atoms with Crippen molar-refractivity contribution in [1.29, 1.82) is 0 Å². The lowest BCUT2D eigenvalue weighted by molar-refractivity contribution is -0.130. The summed E-state index contributed by atoms with van der Waals surface area (Å²) in [4.78, 5) is 15.4. The number of likely N-dealkylation sites (tertiary alicyclic amines) is 1. The molecule has 7 heteroatoms. The smallest absolute Gasteiger partial charge is 0.227 e. The summed E-state index contributed by atoms with van der Waals surface area (Å²) in [6, 6.07) is 4.00. The van der Waals surface area contributed by atoms with Crippen LogP contribution in [-0.2, 0) is 22.4 Å². The molecule has 1 amide bonds.